The molecule has 0 aliphatic carbocycles. The summed E-state index contributed by atoms with van der Waals surface area (Å²) in [5, 5.41) is 3.04. The number of ether oxygens (including phenoxy) is 1. The average molecular weight is 349 g/mol. The minimum absolute atomic E-state index is 0.142. The number of rotatable bonds is 4. The molecule has 3 rings (SSSR count). The Morgan fingerprint density at radius 2 is 2.20 bits per heavy atom. The van der Waals surface area contributed by atoms with Gasteiger partial charge in [-0.3, -0.25) is 4.98 Å². The molecule has 0 amide bonds. The van der Waals surface area contributed by atoms with Gasteiger partial charge in [-0.2, -0.15) is 0 Å². The van der Waals surface area contributed by atoms with Gasteiger partial charge >= 0.3 is 0 Å². The van der Waals surface area contributed by atoms with Crippen LogP contribution in [0, 0.1) is 0 Å². The normalized spacial score (nSPS) is 12.5. The van der Waals surface area contributed by atoms with Crippen LogP contribution in [0.5, 0.6) is 5.75 Å². The molecule has 102 valence electrons. The van der Waals surface area contributed by atoms with Crippen LogP contribution in [0.1, 0.15) is 11.0 Å². The van der Waals surface area contributed by atoms with Crippen molar-refractivity contribution in [2.45, 2.75) is 6.10 Å². The van der Waals surface area contributed by atoms with Crippen molar-refractivity contribution >= 4 is 38.2 Å². The lowest BCUT2D eigenvalue weighted by atomic mass is 10.2. The monoisotopic (exact) mass is 348 g/mol. The molecule has 0 saturated carbocycles. The third-order valence-corrected chi connectivity index (χ3v) is 4.78. The van der Waals surface area contributed by atoms with E-state index in [0.29, 0.717) is 6.54 Å². The minimum atomic E-state index is -0.142. The number of nitrogens with zero attached hydrogens (tertiary/aromatic N) is 1. The molecule has 0 spiro atoms. The van der Waals surface area contributed by atoms with E-state index >= 15 is 0 Å². The lowest BCUT2D eigenvalue weighted by Gasteiger charge is -2.17. The van der Waals surface area contributed by atoms with Gasteiger partial charge in [0.15, 0.2) is 0 Å². The predicted octanol–water partition coefficient (Wildman–Crippen LogP) is 4.14. The van der Waals surface area contributed by atoms with Crippen molar-refractivity contribution in [2.24, 2.45) is 5.73 Å². The first-order valence-electron chi connectivity index (χ1n) is 6.22. The lowest BCUT2D eigenvalue weighted by Crippen LogP contribution is -2.17. The van der Waals surface area contributed by atoms with Gasteiger partial charge in [0.2, 0.25) is 0 Å². The first-order chi connectivity index (χ1) is 9.78. The van der Waals surface area contributed by atoms with E-state index in [2.05, 4.69) is 20.9 Å². The first-order valence-corrected chi connectivity index (χ1v) is 7.89. The lowest BCUT2D eigenvalue weighted by molar-refractivity contribution is 0.221. The third-order valence-electron chi connectivity index (χ3n) is 2.99. The van der Waals surface area contributed by atoms with Gasteiger partial charge < -0.3 is 10.5 Å². The summed E-state index contributed by atoms with van der Waals surface area (Å²) in [4.78, 5) is 5.45. The van der Waals surface area contributed by atoms with Crippen LogP contribution in [0.15, 0.2) is 52.4 Å². The smallest absolute Gasteiger partial charge is 0.145 e. The molecule has 0 aliphatic heterocycles. The number of fused-ring (bicyclic) bond motifs is 1. The molecule has 1 unspecified atom stereocenters. The number of halogens is 1. The van der Waals surface area contributed by atoms with E-state index < -0.39 is 0 Å². The molecule has 0 fully saturated rings. The van der Waals surface area contributed by atoms with Crippen molar-refractivity contribution in [3.05, 3.63) is 57.3 Å². The van der Waals surface area contributed by atoms with Gasteiger partial charge in [-0.05, 0) is 46.3 Å². The van der Waals surface area contributed by atoms with Gasteiger partial charge in [-0.25, -0.2) is 0 Å². The van der Waals surface area contributed by atoms with E-state index in [1.54, 1.807) is 17.5 Å². The summed E-state index contributed by atoms with van der Waals surface area (Å²) in [7, 11) is 0. The molecule has 5 heteroatoms. The van der Waals surface area contributed by atoms with Crippen LogP contribution in [-0.2, 0) is 0 Å². The van der Waals surface area contributed by atoms with Crippen LogP contribution in [-0.4, -0.2) is 11.5 Å². The Morgan fingerprint density at radius 3 is 2.95 bits per heavy atom. The van der Waals surface area contributed by atoms with Crippen LogP contribution < -0.4 is 10.5 Å². The van der Waals surface area contributed by atoms with Crippen LogP contribution >= 0.6 is 27.3 Å². The summed E-state index contributed by atoms with van der Waals surface area (Å²) in [5.74, 6) is 0.815. The van der Waals surface area contributed by atoms with Gasteiger partial charge in [-0.15, -0.1) is 11.3 Å². The van der Waals surface area contributed by atoms with Gasteiger partial charge in [0.05, 0.1) is 5.52 Å². The number of nitrogens with two attached hydrogens (primary N) is 1. The van der Waals surface area contributed by atoms with Crippen molar-refractivity contribution in [1.29, 1.82) is 0 Å². The number of hydrogen-bond donors (Lipinski definition) is 1. The van der Waals surface area contributed by atoms with E-state index in [4.69, 9.17) is 10.5 Å². The van der Waals surface area contributed by atoms with Crippen LogP contribution in [0.3, 0.4) is 0 Å². The molecular weight excluding hydrogens is 336 g/mol. The van der Waals surface area contributed by atoms with Crippen LogP contribution in [0.2, 0.25) is 0 Å². The van der Waals surface area contributed by atoms with Crippen molar-refractivity contribution < 1.29 is 4.74 Å². The Labute approximate surface area is 129 Å². The SMILES string of the molecule is NCC(Oc1cccc2ncccc12)c1cc(Br)cs1. The zero-order valence-electron chi connectivity index (χ0n) is 10.6. The molecule has 0 saturated heterocycles. The molecule has 3 aromatic rings. The highest BCUT2D eigenvalue weighted by Gasteiger charge is 2.15. The van der Waals surface area contributed by atoms with E-state index in [9.17, 15) is 0 Å². The molecule has 3 nitrogen and oxygen atoms in total. The molecule has 0 bridgehead atoms. The average Bonchev–Trinajstić information content (AvgIpc) is 2.91. The number of hydrogen-bond acceptors (Lipinski definition) is 4. The zero-order chi connectivity index (χ0) is 13.9. The van der Waals surface area contributed by atoms with Crippen LogP contribution in [0.4, 0.5) is 0 Å². The Kier molecular flexibility index (Phi) is 4.00. The van der Waals surface area contributed by atoms with E-state index in [-0.39, 0.29) is 6.10 Å². The standard InChI is InChI=1S/C15H13BrN2OS/c16-10-7-15(20-9-10)14(8-17)19-13-5-1-4-12-11(13)3-2-6-18-12/h1-7,9,14H,8,17H2. The topological polar surface area (TPSA) is 48.1 Å². The maximum atomic E-state index is 6.10. The minimum Gasteiger partial charge on any atom is -0.483 e. The fraction of sp³-hybridized carbons (Fsp3) is 0.133. The third kappa shape index (κ3) is 2.70. The molecule has 2 aromatic heterocycles. The second-order valence-corrected chi connectivity index (χ2v) is 6.19. The predicted molar refractivity (Wildman–Crippen MR) is 86.2 cm³/mol. The number of benzene rings is 1. The Morgan fingerprint density at radius 1 is 1.30 bits per heavy atom. The summed E-state index contributed by atoms with van der Waals surface area (Å²) in [5.41, 5.74) is 6.78. The van der Waals surface area contributed by atoms with Crippen molar-refractivity contribution in [3.8, 4) is 5.75 Å². The summed E-state index contributed by atoms with van der Waals surface area (Å²) in [6, 6.07) is 11.8. The van der Waals surface area contributed by atoms with E-state index in [1.165, 1.54) is 0 Å². The number of thiophene rings is 1. The highest BCUT2D eigenvalue weighted by atomic mass is 79.9. The largest absolute Gasteiger partial charge is 0.483 e. The van der Waals surface area contributed by atoms with Gasteiger partial charge in [0.25, 0.3) is 0 Å². The fourth-order valence-corrected chi connectivity index (χ4v) is 3.54. The van der Waals surface area contributed by atoms with E-state index in [1.807, 2.05) is 41.8 Å². The summed E-state index contributed by atoms with van der Waals surface area (Å²) >= 11 is 5.10. The van der Waals surface area contributed by atoms with E-state index in [0.717, 1.165) is 26.0 Å². The molecule has 0 aliphatic rings. The molecule has 1 atom stereocenters. The summed E-state index contributed by atoms with van der Waals surface area (Å²) in [6.07, 6.45) is 1.64. The second kappa shape index (κ2) is 5.91. The van der Waals surface area contributed by atoms with Gasteiger partial charge in [0, 0.05) is 32.9 Å². The molecule has 20 heavy (non-hydrogen) atoms. The summed E-state index contributed by atoms with van der Waals surface area (Å²) in [6.45, 7) is 0.434. The first kappa shape index (κ1) is 13.5. The summed E-state index contributed by atoms with van der Waals surface area (Å²) < 4.78 is 7.16. The Balaban J connectivity index is 1.95. The Hall–Kier alpha value is -1.43. The molecule has 0 radical (unpaired) electrons. The Bertz CT molecular complexity index is 723. The highest BCUT2D eigenvalue weighted by molar-refractivity contribution is 9.10. The quantitative estimate of drug-likeness (QED) is 0.770. The van der Waals surface area contributed by atoms with Gasteiger partial charge in [0.1, 0.15) is 11.9 Å². The molecule has 2 heterocycles. The van der Waals surface area contributed by atoms with Crippen molar-refractivity contribution in [1.82, 2.24) is 4.98 Å². The van der Waals surface area contributed by atoms with Crippen molar-refractivity contribution in [2.75, 3.05) is 6.54 Å². The van der Waals surface area contributed by atoms with Crippen molar-refractivity contribution in [3.63, 3.8) is 0 Å². The number of pyridine rings is 1. The van der Waals surface area contributed by atoms with Crippen LogP contribution in [0.25, 0.3) is 10.9 Å². The van der Waals surface area contributed by atoms with Gasteiger partial charge in [-0.1, -0.05) is 6.07 Å². The second-order valence-electron chi connectivity index (χ2n) is 4.34. The molecular formula is C15H13BrN2OS. The zero-order valence-corrected chi connectivity index (χ0v) is 13.0. The number of aromatic nitrogens is 1. The highest BCUT2D eigenvalue weighted by Crippen LogP contribution is 2.31. The fourth-order valence-electron chi connectivity index (χ4n) is 2.05. The molecule has 1 aromatic carbocycles. The maximum Gasteiger partial charge on any atom is 0.145 e. The maximum absolute atomic E-state index is 6.10. The molecule has 2 N–H and O–H groups in total.